The Bertz CT molecular complexity index is 140. The largest absolute Gasteiger partial charge is 0.326 e. The molecule has 2 atom stereocenters. The molecule has 0 bridgehead atoms. The van der Waals surface area contributed by atoms with E-state index in [1.54, 1.807) is 0 Å². The molecule has 1 aliphatic heterocycles. The van der Waals surface area contributed by atoms with E-state index in [9.17, 15) is 4.21 Å². The first kappa shape index (κ1) is 8.17. The summed E-state index contributed by atoms with van der Waals surface area (Å²) in [7, 11) is -0.770. The highest BCUT2D eigenvalue weighted by atomic mass is 32.2. The fraction of sp³-hybridized carbons (Fsp3) is 1.00. The number of hydrogen-bond acceptors (Lipinski definition) is 2. The Balaban J connectivity index is 2.37. The zero-order valence-electron chi connectivity index (χ0n) is 6.25. The van der Waals surface area contributed by atoms with Crippen LogP contribution < -0.4 is 5.73 Å². The first-order valence-corrected chi connectivity index (χ1v) is 4.90. The summed E-state index contributed by atoms with van der Waals surface area (Å²) in [4.78, 5) is 0. The molecular weight excluding hydrogens is 148 g/mol. The molecule has 0 spiro atoms. The molecule has 3 nitrogen and oxygen atoms in total. The van der Waals surface area contributed by atoms with E-state index in [4.69, 9.17) is 5.73 Å². The fourth-order valence-electron chi connectivity index (χ4n) is 1.12. The van der Waals surface area contributed by atoms with Gasteiger partial charge >= 0.3 is 0 Å². The molecule has 2 unspecified atom stereocenters. The third kappa shape index (κ3) is 1.78. The van der Waals surface area contributed by atoms with E-state index in [2.05, 4.69) is 0 Å². The van der Waals surface area contributed by atoms with Crippen molar-refractivity contribution >= 4 is 11.0 Å². The second-order valence-electron chi connectivity index (χ2n) is 2.55. The summed E-state index contributed by atoms with van der Waals surface area (Å²) >= 11 is 0. The fourth-order valence-corrected chi connectivity index (χ4v) is 2.15. The van der Waals surface area contributed by atoms with Gasteiger partial charge in [-0.25, -0.2) is 8.51 Å². The number of rotatable bonds is 2. The second-order valence-corrected chi connectivity index (χ2v) is 4.28. The number of nitrogens with zero attached hydrogens (tertiary/aromatic N) is 1. The molecule has 10 heavy (non-hydrogen) atoms. The van der Waals surface area contributed by atoms with Crippen LogP contribution in [0.4, 0.5) is 0 Å². The molecule has 0 aromatic rings. The van der Waals surface area contributed by atoms with Crippen molar-refractivity contribution in [2.24, 2.45) is 5.73 Å². The highest BCUT2D eigenvalue weighted by Crippen LogP contribution is 2.08. The van der Waals surface area contributed by atoms with Gasteiger partial charge in [0.05, 0.1) is 11.0 Å². The van der Waals surface area contributed by atoms with Gasteiger partial charge in [0.15, 0.2) is 0 Å². The molecule has 1 fully saturated rings. The quantitative estimate of drug-likeness (QED) is 0.606. The second kappa shape index (κ2) is 3.46. The molecule has 0 amide bonds. The van der Waals surface area contributed by atoms with Crippen molar-refractivity contribution in [3.63, 3.8) is 0 Å². The summed E-state index contributed by atoms with van der Waals surface area (Å²) in [5.74, 6) is 0.715. The van der Waals surface area contributed by atoms with Crippen molar-refractivity contribution < 1.29 is 4.21 Å². The minimum Gasteiger partial charge on any atom is -0.326 e. The zero-order chi connectivity index (χ0) is 7.56. The Morgan fingerprint density at radius 1 is 1.80 bits per heavy atom. The summed E-state index contributed by atoms with van der Waals surface area (Å²) in [5, 5.41) is 0. The van der Waals surface area contributed by atoms with Crippen molar-refractivity contribution in [2.45, 2.75) is 19.4 Å². The van der Waals surface area contributed by atoms with Crippen LogP contribution in [0.1, 0.15) is 13.3 Å². The van der Waals surface area contributed by atoms with Crippen molar-refractivity contribution in [1.82, 2.24) is 4.31 Å². The highest BCUT2D eigenvalue weighted by molar-refractivity contribution is 7.82. The molecule has 60 valence electrons. The Morgan fingerprint density at radius 2 is 2.50 bits per heavy atom. The topological polar surface area (TPSA) is 46.3 Å². The molecule has 1 aliphatic rings. The van der Waals surface area contributed by atoms with Crippen LogP contribution in [0, 0.1) is 0 Å². The first-order chi connectivity index (χ1) is 4.74. The Labute approximate surface area is 64.2 Å². The maximum atomic E-state index is 11.1. The summed E-state index contributed by atoms with van der Waals surface area (Å²) in [5.41, 5.74) is 5.64. The Hall–Kier alpha value is 0.0700. The van der Waals surface area contributed by atoms with Crippen molar-refractivity contribution in [3.8, 4) is 0 Å². The predicted molar refractivity (Wildman–Crippen MR) is 42.8 cm³/mol. The van der Waals surface area contributed by atoms with Crippen LogP contribution in [-0.2, 0) is 11.0 Å². The molecule has 0 aliphatic carbocycles. The van der Waals surface area contributed by atoms with E-state index in [0.29, 0.717) is 5.75 Å². The number of hydrogen-bond donors (Lipinski definition) is 1. The van der Waals surface area contributed by atoms with Gasteiger partial charge in [0.1, 0.15) is 0 Å². The molecule has 0 saturated carbocycles. The summed E-state index contributed by atoms with van der Waals surface area (Å²) in [6.45, 7) is 3.64. The van der Waals surface area contributed by atoms with Gasteiger partial charge in [0.2, 0.25) is 0 Å². The van der Waals surface area contributed by atoms with Crippen LogP contribution in [0.15, 0.2) is 0 Å². The van der Waals surface area contributed by atoms with Crippen LogP contribution in [0.25, 0.3) is 0 Å². The van der Waals surface area contributed by atoms with Gasteiger partial charge in [-0.15, -0.1) is 0 Å². The van der Waals surface area contributed by atoms with Crippen LogP contribution in [0.2, 0.25) is 0 Å². The van der Waals surface area contributed by atoms with Gasteiger partial charge in [-0.3, -0.25) is 0 Å². The lowest BCUT2D eigenvalue weighted by Crippen LogP contribution is -2.28. The Kier molecular flexibility index (Phi) is 2.82. The summed E-state index contributed by atoms with van der Waals surface area (Å²) < 4.78 is 13.1. The third-order valence-electron chi connectivity index (χ3n) is 1.72. The minimum absolute atomic E-state index is 0.246. The average Bonchev–Trinajstić information content (AvgIpc) is 2.34. The molecule has 1 saturated heterocycles. The third-order valence-corrected chi connectivity index (χ3v) is 3.12. The Morgan fingerprint density at radius 3 is 2.90 bits per heavy atom. The van der Waals surface area contributed by atoms with E-state index < -0.39 is 11.0 Å². The molecular formula is C6H14N2OS. The first-order valence-electron chi connectivity index (χ1n) is 3.63. The molecule has 1 rings (SSSR count). The van der Waals surface area contributed by atoms with Crippen molar-refractivity contribution in [2.75, 3.05) is 18.8 Å². The summed E-state index contributed by atoms with van der Waals surface area (Å²) in [6.07, 6.45) is 0.992. The van der Waals surface area contributed by atoms with E-state index in [1.165, 1.54) is 0 Å². The van der Waals surface area contributed by atoms with Crippen LogP contribution >= 0.6 is 0 Å². The zero-order valence-corrected chi connectivity index (χ0v) is 7.06. The monoisotopic (exact) mass is 162 g/mol. The van der Waals surface area contributed by atoms with E-state index in [1.807, 2.05) is 11.2 Å². The van der Waals surface area contributed by atoms with Gasteiger partial charge in [-0.2, -0.15) is 0 Å². The maximum Gasteiger partial charge on any atom is 0.0940 e. The lowest BCUT2D eigenvalue weighted by molar-refractivity contribution is 0.528. The van der Waals surface area contributed by atoms with Gasteiger partial charge in [0.25, 0.3) is 0 Å². The van der Waals surface area contributed by atoms with Crippen LogP contribution in [0.5, 0.6) is 0 Å². The number of nitrogens with two attached hydrogens (primary N) is 1. The molecule has 0 aromatic carbocycles. The van der Waals surface area contributed by atoms with E-state index >= 15 is 0 Å². The van der Waals surface area contributed by atoms with Gasteiger partial charge in [-0.1, -0.05) is 6.92 Å². The SMILES string of the molecule is CCS(=O)N1CCC(N)C1. The van der Waals surface area contributed by atoms with Crippen LogP contribution in [-0.4, -0.2) is 33.4 Å². The molecule has 1 heterocycles. The summed E-state index contributed by atoms with van der Waals surface area (Å²) in [6, 6.07) is 0.246. The van der Waals surface area contributed by atoms with Gasteiger partial charge < -0.3 is 5.73 Å². The van der Waals surface area contributed by atoms with E-state index in [0.717, 1.165) is 19.5 Å². The normalized spacial score (nSPS) is 30.8. The molecule has 0 aromatic heterocycles. The molecule has 2 N–H and O–H groups in total. The maximum absolute atomic E-state index is 11.1. The molecule has 0 radical (unpaired) electrons. The van der Waals surface area contributed by atoms with Gasteiger partial charge in [0, 0.05) is 24.9 Å². The van der Waals surface area contributed by atoms with Crippen LogP contribution in [0.3, 0.4) is 0 Å². The standard InChI is InChI=1S/C6H14N2OS/c1-2-10(9)8-4-3-6(7)5-8/h6H,2-5,7H2,1H3. The van der Waals surface area contributed by atoms with Crippen molar-refractivity contribution in [1.29, 1.82) is 0 Å². The average molecular weight is 162 g/mol. The lowest BCUT2D eigenvalue weighted by Gasteiger charge is -2.11. The van der Waals surface area contributed by atoms with Gasteiger partial charge in [-0.05, 0) is 6.42 Å². The molecule has 4 heteroatoms. The minimum atomic E-state index is -0.770. The highest BCUT2D eigenvalue weighted by Gasteiger charge is 2.22. The lowest BCUT2D eigenvalue weighted by atomic mass is 10.3. The van der Waals surface area contributed by atoms with E-state index in [-0.39, 0.29) is 6.04 Å². The predicted octanol–water partition coefficient (Wildman–Crippen LogP) is -0.297. The smallest absolute Gasteiger partial charge is 0.0940 e. The van der Waals surface area contributed by atoms with Crippen molar-refractivity contribution in [3.05, 3.63) is 0 Å².